The molecule has 1 saturated carbocycles. The molecule has 0 heterocycles. The van der Waals surface area contributed by atoms with E-state index in [2.05, 4.69) is 0 Å². The monoisotopic (exact) mass is 306 g/mol. The molecule has 2 unspecified atom stereocenters. The molecule has 0 radical (unpaired) electrons. The largest absolute Gasteiger partial charge is 0.481 e. The predicted molar refractivity (Wildman–Crippen MR) is 67.4 cm³/mol. The summed E-state index contributed by atoms with van der Waals surface area (Å²) in [7, 11) is -3.71. The Hall–Kier alpha value is -1.14. The molecule has 1 aromatic rings. The number of hydrogen-bond acceptors (Lipinski definition) is 3. The predicted octanol–water partition coefficient (Wildman–Crippen LogP) is 2.51. The zero-order valence-corrected chi connectivity index (χ0v) is 11.4. The molecule has 2 atom stereocenters. The van der Waals surface area contributed by atoms with E-state index in [1.165, 1.54) is 0 Å². The Bertz CT molecular complexity index is 614. The number of carbonyl (C=O) groups is 1. The summed E-state index contributed by atoms with van der Waals surface area (Å²) in [4.78, 5) is 10.7. The Morgan fingerprint density at radius 1 is 1.37 bits per heavy atom. The second-order valence-electron chi connectivity index (χ2n) is 4.59. The van der Waals surface area contributed by atoms with Gasteiger partial charge in [-0.2, -0.15) is 0 Å². The maximum atomic E-state index is 12.9. The summed E-state index contributed by atoms with van der Waals surface area (Å²) in [6.07, 6.45) is 0.691. The van der Waals surface area contributed by atoms with Gasteiger partial charge in [-0.3, -0.25) is 4.79 Å². The van der Waals surface area contributed by atoms with E-state index in [-0.39, 0.29) is 22.8 Å². The summed E-state index contributed by atoms with van der Waals surface area (Å²) < 4.78 is 37.6. The molecule has 0 aromatic heterocycles. The van der Waals surface area contributed by atoms with Gasteiger partial charge in [-0.05, 0) is 37.5 Å². The van der Waals surface area contributed by atoms with Crippen molar-refractivity contribution >= 4 is 27.4 Å². The highest BCUT2D eigenvalue weighted by atomic mass is 35.5. The molecule has 7 heteroatoms. The van der Waals surface area contributed by atoms with E-state index in [0.29, 0.717) is 6.42 Å². The number of rotatable bonds is 3. The van der Waals surface area contributed by atoms with Gasteiger partial charge in [0.15, 0.2) is 9.84 Å². The van der Waals surface area contributed by atoms with Crippen molar-refractivity contribution in [1.82, 2.24) is 0 Å². The maximum Gasteiger partial charge on any atom is 0.306 e. The molecule has 0 spiro atoms. The van der Waals surface area contributed by atoms with E-state index in [4.69, 9.17) is 16.7 Å². The van der Waals surface area contributed by atoms with E-state index in [1.807, 2.05) is 0 Å². The highest BCUT2D eigenvalue weighted by Gasteiger charge is 2.38. The average molecular weight is 307 g/mol. The quantitative estimate of drug-likeness (QED) is 0.871. The van der Waals surface area contributed by atoms with Crippen LogP contribution in [0.4, 0.5) is 4.39 Å². The van der Waals surface area contributed by atoms with Crippen LogP contribution in [0.2, 0.25) is 5.02 Å². The average Bonchev–Trinajstić information content (AvgIpc) is 2.78. The van der Waals surface area contributed by atoms with Crippen LogP contribution >= 0.6 is 11.6 Å². The van der Waals surface area contributed by atoms with Gasteiger partial charge in [0.2, 0.25) is 0 Å². The van der Waals surface area contributed by atoms with E-state index >= 15 is 0 Å². The molecule has 1 aliphatic carbocycles. The molecular formula is C12H12ClFO4S. The van der Waals surface area contributed by atoms with E-state index in [9.17, 15) is 17.6 Å². The third kappa shape index (κ3) is 2.74. The fourth-order valence-electron chi connectivity index (χ4n) is 2.33. The van der Waals surface area contributed by atoms with E-state index < -0.39 is 32.8 Å². The number of aliphatic carboxylic acids is 1. The molecule has 0 saturated heterocycles. The minimum Gasteiger partial charge on any atom is -0.481 e. The molecule has 1 fully saturated rings. The molecule has 1 aliphatic rings. The summed E-state index contributed by atoms with van der Waals surface area (Å²) >= 11 is 5.76. The third-order valence-corrected chi connectivity index (χ3v) is 6.07. The lowest BCUT2D eigenvalue weighted by Crippen LogP contribution is -2.20. The normalized spacial score (nSPS) is 23.5. The first-order valence-electron chi connectivity index (χ1n) is 5.74. The van der Waals surface area contributed by atoms with Crippen LogP contribution in [0.25, 0.3) is 0 Å². The summed E-state index contributed by atoms with van der Waals surface area (Å²) in [6.45, 7) is 0. The number of halogens is 2. The van der Waals surface area contributed by atoms with Gasteiger partial charge in [-0.25, -0.2) is 12.8 Å². The lowest BCUT2D eigenvalue weighted by Gasteiger charge is -2.12. The molecule has 1 aromatic carbocycles. The van der Waals surface area contributed by atoms with Crippen LogP contribution in [0.15, 0.2) is 23.1 Å². The summed E-state index contributed by atoms with van der Waals surface area (Å²) in [5.41, 5.74) is 0. The van der Waals surface area contributed by atoms with Crippen molar-refractivity contribution in [3.63, 3.8) is 0 Å². The summed E-state index contributed by atoms with van der Waals surface area (Å²) in [5.74, 6) is -2.24. The summed E-state index contributed by atoms with van der Waals surface area (Å²) in [6, 6.07) is 3.10. The summed E-state index contributed by atoms with van der Waals surface area (Å²) in [5, 5.41) is 7.95. The second-order valence-corrected chi connectivity index (χ2v) is 7.19. The zero-order valence-electron chi connectivity index (χ0n) is 9.84. The van der Waals surface area contributed by atoms with Crippen LogP contribution in [-0.2, 0) is 14.6 Å². The fourth-order valence-corrected chi connectivity index (χ4v) is 4.70. The molecule has 0 amide bonds. The molecular weight excluding hydrogens is 295 g/mol. The van der Waals surface area contributed by atoms with Crippen LogP contribution < -0.4 is 0 Å². The molecule has 2 rings (SSSR count). The third-order valence-electron chi connectivity index (χ3n) is 3.37. The Morgan fingerprint density at radius 2 is 2.05 bits per heavy atom. The number of hydrogen-bond donors (Lipinski definition) is 1. The molecule has 0 aliphatic heterocycles. The number of carboxylic acid groups (broad SMARTS) is 1. The lowest BCUT2D eigenvalue weighted by molar-refractivity contribution is -0.141. The van der Waals surface area contributed by atoms with E-state index in [0.717, 1.165) is 18.2 Å². The zero-order chi connectivity index (χ0) is 14.2. The number of sulfone groups is 1. The first-order chi connectivity index (χ1) is 8.82. The van der Waals surface area contributed by atoms with Crippen molar-refractivity contribution in [2.75, 3.05) is 0 Å². The van der Waals surface area contributed by atoms with Crippen molar-refractivity contribution in [2.45, 2.75) is 29.4 Å². The van der Waals surface area contributed by atoms with Gasteiger partial charge >= 0.3 is 5.97 Å². The first-order valence-corrected chi connectivity index (χ1v) is 7.66. The van der Waals surface area contributed by atoms with Crippen molar-refractivity contribution < 1.29 is 22.7 Å². The van der Waals surface area contributed by atoms with Crippen molar-refractivity contribution in [3.05, 3.63) is 29.0 Å². The van der Waals surface area contributed by atoms with Crippen LogP contribution in [0.1, 0.15) is 19.3 Å². The van der Waals surface area contributed by atoms with Crippen molar-refractivity contribution in [1.29, 1.82) is 0 Å². The second kappa shape index (κ2) is 5.09. The minimum atomic E-state index is -3.71. The highest BCUT2D eigenvalue weighted by molar-refractivity contribution is 7.92. The van der Waals surface area contributed by atoms with Gasteiger partial charge in [-0.1, -0.05) is 11.6 Å². The van der Waals surface area contributed by atoms with Gasteiger partial charge in [0, 0.05) is 0 Å². The van der Waals surface area contributed by atoms with Gasteiger partial charge in [0.05, 0.1) is 21.1 Å². The van der Waals surface area contributed by atoms with Gasteiger partial charge in [0.1, 0.15) is 5.82 Å². The van der Waals surface area contributed by atoms with E-state index in [1.54, 1.807) is 0 Å². The molecule has 1 N–H and O–H groups in total. The lowest BCUT2D eigenvalue weighted by atomic mass is 10.1. The molecule has 104 valence electrons. The topological polar surface area (TPSA) is 71.4 Å². The Labute approximate surface area is 115 Å². The maximum absolute atomic E-state index is 12.9. The Morgan fingerprint density at radius 3 is 2.58 bits per heavy atom. The Balaban J connectivity index is 2.31. The van der Waals surface area contributed by atoms with Gasteiger partial charge < -0.3 is 5.11 Å². The highest BCUT2D eigenvalue weighted by Crippen LogP contribution is 2.36. The van der Waals surface area contributed by atoms with Crippen LogP contribution in [-0.4, -0.2) is 24.7 Å². The Kier molecular flexibility index (Phi) is 3.82. The van der Waals surface area contributed by atoms with Gasteiger partial charge in [0.25, 0.3) is 0 Å². The standard InChI is InChI=1S/C12H12ClFO4S/c13-10-6-8(14)2-4-11(10)19(17,18)9-3-1-7(5-9)12(15)16/h2,4,6-7,9H,1,3,5H2,(H,15,16). The SMILES string of the molecule is O=C(O)C1CCC(S(=O)(=O)c2ccc(F)cc2Cl)C1. The first kappa shape index (κ1) is 14.3. The minimum absolute atomic E-state index is 0.0748. The molecule has 0 bridgehead atoms. The van der Waals surface area contributed by atoms with Crippen molar-refractivity contribution in [3.8, 4) is 0 Å². The van der Waals surface area contributed by atoms with Crippen LogP contribution in [0, 0.1) is 11.7 Å². The van der Waals surface area contributed by atoms with Crippen LogP contribution in [0.5, 0.6) is 0 Å². The number of carboxylic acids is 1. The fraction of sp³-hybridized carbons (Fsp3) is 0.417. The van der Waals surface area contributed by atoms with Crippen LogP contribution in [0.3, 0.4) is 0 Å². The van der Waals surface area contributed by atoms with Gasteiger partial charge in [-0.15, -0.1) is 0 Å². The van der Waals surface area contributed by atoms with Crippen molar-refractivity contribution in [2.24, 2.45) is 5.92 Å². The smallest absolute Gasteiger partial charge is 0.306 e. The number of benzene rings is 1. The molecule has 19 heavy (non-hydrogen) atoms. The molecule has 4 nitrogen and oxygen atoms in total.